The Bertz CT molecular complexity index is 711. The van der Waals surface area contributed by atoms with Gasteiger partial charge < -0.3 is 5.32 Å². The van der Waals surface area contributed by atoms with Crippen LogP contribution in [0.4, 0.5) is 32.2 Å². The van der Waals surface area contributed by atoms with E-state index in [1.54, 1.807) is 0 Å². The van der Waals surface area contributed by atoms with Crippen molar-refractivity contribution in [2.45, 2.75) is 19.1 Å². The number of hydrogen-bond donors (Lipinski definition) is 1. The maximum atomic E-state index is 13.9. The van der Waals surface area contributed by atoms with Crippen molar-refractivity contribution in [2.75, 3.05) is 5.32 Å². The van der Waals surface area contributed by atoms with Crippen molar-refractivity contribution in [3.63, 3.8) is 0 Å². The van der Waals surface area contributed by atoms with Gasteiger partial charge in [-0.1, -0.05) is 11.6 Å². The van der Waals surface area contributed by atoms with Crippen molar-refractivity contribution in [3.8, 4) is 11.1 Å². The molecule has 0 saturated carbocycles. The molecule has 0 unspecified atom stereocenters. The fraction of sp³-hybridized carbons (Fsp3) is 0.231. The molecule has 2 rings (SSSR count). The van der Waals surface area contributed by atoms with E-state index in [4.69, 9.17) is 11.6 Å². The van der Waals surface area contributed by atoms with Gasteiger partial charge in [0.25, 0.3) is 0 Å². The van der Waals surface area contributed by atoms with Gasteiger partial charge in [-0.2, -0.15) is 13.2 Å². The van der Waals surface area contributed by atoms with Crippen LogP contribution in [0.5, 0.6) is 0 Å². The molecule has 1 N–H and O–H groups in total. The Morgan fingerprint density at radius 1 is 1.04 bits per heavy atom. The molecule has 23 heavy (non-hydrogen) atoms. The average Bonchev–Trinajstić information content (AvgIpc) is 2.39. The fourth-order valence-electron chi connectivity index (χ4n) is 1.76. The fourth-order valence-corrected chi connectivity index (χ4v) is 1.99. The number of aromatic nitrogens is 2. The van der Waals surface area contributed by atoms with Crippen molar-refractivity contribution in [3.05, 3.63) is 41.1 Å². The van der Waals surface area contributed by atoms with E-state index in [9.17, 15) is 26.3 Å². The highest BCUT2D eigenvalue weighted by Crippen LogP contribution is 2.37. The van der Waals surface area contributed by atoms with E-state index in [0.29, 0.717) is 12.1 Å². The molecule has 0 saturated heterocycles. The molecule has 124 valence electrons. The van der Waals surface area contributed by atoms with Gasteiger partial charge in [-0.05, 0) is 6.92 Å². The Morgan fingerprint density at radius 3 is 2.13 bits per heavy atom. The molecular weight excluding hydrogens is 348 g/mol. The van der Waals surface area contributed by atoms with Gasteiger partial charge in [-0.3, -0.25) is 0 Å². The van der Waals surface area contributed by atoms with E-state index >= 15 is 0 Å². The van der Waals surface area contributed by atoms with Gasteiger partial charge in [0, 0.05) is 12.1 Å². The quantitative estimate of drug-likeness (QED) is 0.647. The lowest BCUT2D eigenvalue weighted by atomic mass is 10.1. The molecule has 0 aliphatic rings. The molecule has 0 fully saturated rings. The van der Waals surface area contributed by atoms with E-state index in [2.05, 4.69) is 9.97 Å². The number of nitrogens with zero attached hydrogens (tertiary/aromatic N) is 2. The molecule has 1 heterocycles. The maximum Gasteiger partial charge on any atom is 0.408 e. The number of alkyl halides is 3. The van der Waals surface area contributed by atoms with Gasteiger partial charge in [-0.25, -0.2) is 23.1 Å². The van der Waals surface area contributed by atoms with Gasteiger partial charge in [0.05, 0.1) is 11.1 Å². The monoisotopic (exact) mass is 355 g/mol. The summed E-state index contributed by atoms with van der Waals surface area (Å²) in [6.45, 7) is 0.789. The van der Waals surface area contributed by atoms with Gasteiger partial charge in [0.15, 0.2) is 0 Å². The molecule has 0 bridgehead atoms. The smallest absolute Gasteiger partial charge is 0.358 e. The zero-order valence-electron chi connectivity index (χ0n) is 11.3. The Kier molecular flexibility index (Phi) is 4.69. The van der Waals surface area contributed by atoms with Crippen LogP contribution in [0, 0.1) is 17.5 Å². The molecule has 0 aliphatic carbocycles. The second kappa shape index (κ2) is 6.23. The van der Waals surface area contributed by atoms with Crippen LogP contribution in [0.2, 0.25) is 5.15 Å². The van der Waals surface area contributed by atoms with Crippen LogP contribution in [0.1, 0.15) is 6.92 Å². The van der Waals surface area contributed by atoms with Gasteiger partial charge >= 0.3 is 6.18 Å². The highest BCUT2D eigenvalue weighted by molar-refractivity contribution is 6.32. The highest BCUT2D eigenvalue weighted by atomic mass is 35.5. The summed E-state index contributed by atoms with van der Waals surface area (Å²) in [5.74, 6) is -4.40. The molecular formula is C13H8ClF6N3. The van der Waals surface area contributed by atoms with Crippen molar-refractivity contribution < 1.29 is 26.3 Å². The lowest BCUT2D eigenvalue weighted by molar-refractivity contribution is -0.138. The number of anilines is 1. The summed E-state index contributed by atoms with van der Waals surface area (Å²) in [4.78, 5) is 7.04. The second-order valence-corrected chi connectivity index (χ2v) is 4.90. The van der Waals surface area contributed by atoms with E-state index in [1.165, 1.54) is 0 Å². The summed E-state index contributed by atoms with van der Waals surface area (Å²) < 4.78 is 78.7. The van der Waals surface area contributed by atoms with E-state index in [0.717, 1.165) is 13.3 Å². The molecule has 2 aromatic rings. The minimum Gasteiger partial charge on any atom is -0.358 e. The topological polar surface area (TPSA) is 37.8 Å². The van der Waals surface area contributed by atoms with Crippen molar-refractivity contribution in [1.82, 2.24) is 9.97 Å². The number of benzene rings is 1. The molecule has 1 aromatic heterocycles. The third-order valence-electron chi connectivity index (χ3n) is 2.90. The highest BCUT2D eigenvalue weighted by Gasteiger charge is 2.37. The molecule has 10 heteroatoms. The number of rotatable bonds is 3. The van der Waals surface area contributed by atoms with E-state index in [1.807, 2.05) is 5.32 Å². The largest absolute Gasteiger partial charge is 0.408 e. The molecule has 1 atom stereocenters. The Labute approximate surface area is 131 Å². The third-order valence-corrected chi connectivity index (χ3v) is 3.19. The number of halogens is 7. The Balaban J connectivity index is 2.60. The van der Waals surface area contributed by atoms with Crippen LogP contribution < -0.4 is 5.32 Å². The Hall–Kier alpha value is -2.03. The normalized spacial score (nSPS) is 13.0. The van der Waals surface area contributed by atoms with Crippen molar-refractivity contribution >= 4 is 17.4 Å². The minimum absolute atomic E-state index is 0.374. The average molecular weight is 356 g/mol. The summed E-state index contributed by atoms with van der Waals surface area (Å²) >= 11 is 5.75. The van der Waals surface area contributed by atoms with Gasteiger partial charge in [0.2, 0.25) is 0 Å². The van der Waals surface area contributed by atoms with Crippen LogP contribution in [0.3, 0.4) is 0 Å². The molecule has 0 spiro atoms. The molecule has 0 aliphatic heterocycles. The van der Waals surface area contributed by atoms with E-state index < -0.39 is 51.8 Å². The molecule has 0 amide bonds. The first-order valence-corrected chi connectivity index (χ1v) is 6.47. The van der Waals surface area contributed by atoms with Crippen LogP contribution >= 0.6 is 11.6 Å². The summed E-state index contributed by atoms with van der Waals surface area (Å²) in [6, 6.07) is -1.32. The van der Waals surface area contributed by atoms with Crippen molar-refractivity contribution in [1.29, 1.82) is 0 Å². The predicted octanol–water partition coefficient (Wildman–Crippen LogP) is 4.58. The third kappa shape index (κ3) is 3.66. The first-order chi connectivity index (χ1) is 10.6. The SMILES string of the molecule is C[C@H](Nc1ncnc(Cl)c1-c1c(F)cc(F)cc1F)C(F)(F)F. The first-order valence-electron chi connectivity index (χ1n) is 6.10. The summed E-state index contributed by atoms with van der Waals surface area (Å²) in [5, 5.41) is 1.49. The maximum absolute atomic E-state index is 13.9. The number of hydrogen-bond acceptors (Lipinski definition) is 3. The van der Waals surface area contributed by atoms with Gasteiger partial charge in [-0.15, -0.1) is 0 Å². The second-order valence-electron chi connectivity index (χ2n) is 4.54. The molecule has 1 aromatic carbocycles. The lowest BCUT2D eigenvalue weighted by Gasteiger charge is -2.20. The standard InChI is InChI=1S/C13H8ClF6N3/c1-5(13(18,19)20)23-12-10(11(14)21-4-22-12)9-7(16)2-6(15)3-8(9)17/h2-5H,1H3,(H,21,22,23)/t5-/m0/s1. The zero-order valence-corrected chi connectivity index (χ0v) is 12.1. The van der Waals surface area contributed by atoms with Crippen LogP contribution in [0.25, 0.3) is 11.1 Å². The Morgan fingerprint density at radius 2 is 1.61 bits per heavy atom. The lowest BCUT2D eigenvalue weighted by Crippen LogP contribution is -2.33. The molecule has 3 nitrogen and oxygen atoms in total. The molecule has 0 radical (unpaired) electrons. The predicted molar refractivity (Wildman–Crippen MR) is 71.5 cm³/mol. The number of nitrogens with one attached hydrogen (secondary N) is 1. The minimum atomic E-state index is -4.63. The van der Waals surface area contributed by atoms with Crippen LogP contribution in [0.15, 0.2) is 18.5 Å². The summed E-state index contributed by atoms with van der Waals surface area (Å²) in [5.41, 5.74) is -1.35. The van der Waals surface area contributed by atoms with E-state index in [-0.39, 0.29) is 0 Å². The zero-order chi connectivity index (χ0) is 17.4. The van der Waals surface area contributed by atoms with Gasteiger partial charge in [0.1, 0.15) is 40.8 Å². The van der Waals surface area contributed by atoms with Crippen LogP contribution in [-0.4, -0.2) is 22.2 Å². The summed E-state index contributed by atoms with van der Waals surface area (Å²) in [6.07, 6.45) is -3.80. The summed E-state index contributed by atoms with van der Waals surface area (Å²) in [7, 11) is 0. The van der Waals surface area contributed by atoms with Crippen molar-refractivity contribution in [2.24, 2.45) is 0 Å². The van der Waals surface area contributed by atoms with Crippen LogP contribution in [-0.2, 0) is 0 Å². The first kappa shape index (κ1) is 17.3.